The maximum absolute atomic E-state index is 9.90. The van der Waals surface area contributed by atoms with Crippen LogP contribution in [0.1, 0.15) is 68.2 Å². The summed E-state index contributed by atoms with van der Waals surface area (Å²) in [6.45, 7) is 13.6. The third kappa shape index (κ3) is 234. The van der Waals surface area contributed by atoms with E-state index in [1.54, 1.807) is 41.5 Å². The molecule has 0 aliphatic rings. The van der Waals surface area contributed by atoms with Crippen molar-refractivity contribution in [1.29, 1.82) is 0 Å². The molecule has 0 heterocycles. The van der Waals surface area contributed by atoms with Gasteiger partial charge in [-0.25, -0.2) is 0 Å². The number of rotatable bonds is 2. The minimum atomic E-state index is -0.417. The Morgan fingerprint density at radius 2 is 0.650 bits per heavy atom. The minimum Gasteiger partial charge on any atom is -0.852 e. The summed E-state index contributed by atoms with van der Waals surface area (Å²) in [6.07, 6.45) is -0.0648. The van der Waals surface area contributed by atoms with Gasteiger partial charge in [0.25, 0.3) is 0 Å². The Balaban J connectivity index is -0.0000000318. The molecule has 0 radical (unpaired) electrons. The molecule has 6 heteroatoms. The van der Waals surface area contributed by atoms with E-state index in [1.165, 1.54) is 0 Å². The van der Waals surface area contributed by atoms with Crippen LogP contribution in [0.4, 0.5) is 0 Å². The number of hydrogen-bond acceptors (Lipinski definition) is 4. The molecule has 0 aromatic heterocycles. The average Bonchev–Trinajstić information content (AvgIpc) is 2.16. The van der Waals surface area contributed by atoms with E-state index in [2.05, 4.69) is 0 Å². The summed E-state index contributed by atoms with van der Waals surface area (Å²) in [4.78, 5) is 0. The summed E-state index contributed by atoms with van der Waals surface area (Å²) in [7, 11) is 0. The summed E-state index contributed by atoms with van der Waals surface area (Å²) in [6, 6.07) is 0. The molecule has 0 aromatic rings. The summed E-state index contributed by atoms with van der Waals surface area (Å²) in [5.74, 6) is 0. The predicted molar refractivity (Wildman–Crippen MR) is 75.5 cm³/mol. The van der Waals surface area contributed by atoms with Crippen LogP contribution in [0.15, 0.2) is 0 Å². The van der Waals surface area contributed by atoms with E-state index < -0.39 is 12.2 Å². The fraction of sp³-hybridized carbons (Fsp3) is 1.00. The zero-order valence-corrected chi connectivity index (χ0v) is 19.2. The van der Waals surface area contributed by atoms with Crippen molar-refractivity contribution in [3.05, 3.63) is 0 Å². The Morgan fingerprint density at radius 3 is 0.650 bits per heavy atom. The molecule has 0 fully saturated rings. The van der Waals surface area contributed by atoms with Crippen LogP contribution in [0.2, 0.25) is 0 Å². The third-order valence-corrected chi connectivity index (χ3v) is 1.15. The second kappa shape index (κ2) is 32.3. The molecule has 4 nitrogen and oxygen atoms in total. The van der Waals surface area contributed by atoms with Crippen molar-refractivity contribution < 1.29 is 39.9 Å². The first-order chi connectivity index (χ1) is 8.00. The van der Waals surface area contributed by atoms with E-state index in [0.29, 0.717) is 0 Å². The van der Waals surface area contributed by atoms with Crippen molar-refractivity contribution >= 4 is 23.1 Å². The topological polar surface area (TPSA) is 92.2 Å². The molecule has 0 aliphatic carbocycles. The molecule has 20 heavy (non-hydrogen) atoms. The molecule has 0 saturated heterocycles. The maximum Gasteiger partial charge on any atom is 2.00 e. The second-order valence-corrected chi connectivity index (χ2v) is 4.54. The van der Waals surface area contributed by atoms with Crippen LogP contribution in [-0.2, 0) is 19.5 Å². The maximum atomic E-state index is 9.90. The van der Waals surface area contributed by atoms with Gasteiger partial charge in [0.15, 0.2) is 0 Å². The first kappa shape index (κ1) is 37.5. The van der Waals surface area contributed by atoms with Crippen molar-refractivity contribution in [2.45, 2.75) is 92.6 Å². The van der Waals surface area contributed by atoms with Gasteiger partial charge in [-0.1, -0.05) is 68.2 Å². The van der Waals surface area contributed by atoms with Crippen molar-refractivity contribution in [3.63, 3.8) is 0 Å². The van der Waals surface area contributed by atoms with Gasteiger partial charge in [0.1, 0.15) is 0 Å². The van der Waals surface area contributed by atoms with Crippen molar-refractivity contribution in [2.75, 3.05) is 0 Å². The molecule has 0 bridgehead atoms. The normalized spacial score (nSPS) is 11.1. The van der Waals surface area contributed by atoms with E-state index in [9.17, 15) is 20.4 Å². The Kier molecular flexibility index (Phi) is 60.4. The van der Waals surface area contributed by atoms with Crippen LogP contribution >= 0.6 is 0 Å². The molecule has 0 aromatic carbocycles. The standard InChI is InChI=1S/2C4H9O.2C3H7O.Mg.Zn/c2*1-3-4(2)5;2*1-3(2)4;;/h2*4H,3H2,1-2H3;2*3H,1-2H3;;/q4*-1;2*+2. The molecule has 0 amide bonds. The Morgan fingerprint density at radius 1 is 0.600 bits per heavy atom. The van der Waals surface area contributed by atoms with Gasteiger partial charge in [0.2, 0.25) is 0 Å². The summed E-state index contributed by atoms with van der Waals surface area (Å²) < 4.78 is 0. The van der Waals surface area contributed by atoms with Gasteiger partial charge in [-0.05, 0) is 0 Å². The first-order valence-corrected chi connectivity index (χ1v) is 6.64. The van der Waals surface area contributed by atoms with Crippen molar-refractivity contribution in [1.82, 2.24) is 0 Å². The van der Waals surface area contributed by atoms with E-state index in [4.69, 9.17) is 0 Å². The third-order valence-electron chi connectivity index (χ3n) is 1.15. The van der Waals surface area contributed by atoms with Crippen LogP contribution < -0.4 is 20.4 Å². The van der Waals surface area contributed by atoms with Gasteiger partial charge in [-0.2, -0.15) is 0 Å². The van der Waals surface area contributed by atoms with Gasteiger partial charge in [0, 0.05) is 0 Å². The first-order valence-electron chi connectivity index (χ1n) is 6.64. The van der Waals surface area contributed by atoms with Crippen molar-refractivity contribution in [2.24, 2.45) is 0 Å². The molecule has 2 atom stereocenters. The van der Waals surface area contributed by atoms with Crippen LogP contribution in [-0.4, -0.2) is 47.5 Å². The van der Waals surface area contributed by atoms with Crippen molar-refractivity contribution in [3.8, 4) is 0 Å². The summed E-state index contributed by atoms with van der Waals surface area (Å²) >= 11 is 0. The van der Waals surface area contributed by atoms with Crippen LogP contribution in [0.3, 0.4) is 0 Å². The number of hydrogen-bond donors (Lipinski definition) is 0. The molecule has 0 saturated carbocycles. The van der Waals surface area contributed by atoms with Gasteiger partial charge >= 0.3 is 42.5 Å². The zero-order chi connectivity index (χ0) is 15.7. The molecular formula is C14H32MgO4Zn. The Hall–Kier alpha value is 1.23. The van der Waals surface area contributed by atoms with Crippen LogP contribution in [0, 0.1) is 0 Å². The summed E-state index contributed by atoms with van der Waals surface area (Å²) in [5.41, 5.74) is 0. The molecule has 116 valence electrons. The van der Waals surface area contributed by atoms with Gasteiger partial charge < -0.3 is 20.4 Å². The second-order valence-electron chi connectivity index (χ2n) is 4.54. The monoisotopic (exact) mass is 352 g/mol. The molecular weight excluding hydrogens is 322 g/mol. The van der Waals surface area contributed by atoms with Crippen LogP contribution in [0.25, 0.3) is 0 Å². The van der Waals surface area contributed by atoms with E-state index in [-0.39, 0.29) is 54.7 Å². The smallest absolute Gasteiger partial charge is 0.852 e. The SMILES string of the molecule is CC(C)[O-].CC(C)[O-].CCC(C)[O-].CCC(C)[O-].[Mg+2].[Zn+2]. The van der Waals surface area contributed by atoms with Gasteiger partial charge in [-0.3, -0.25) is 0 Å². The largest absolute Gasteiger partial charge is 2.00 e. The fourth-order valence-corrected chi connectivity index (χ4v) is 0. The molecule has 2 unspecified atom stereocenters. The quantitative estimate of drug-likeness (QED) is 0.620. The average molecular weight is 354 g/mol. The molecule has 0 rings (SSSR count). The summed E-state index contributed by atoms with van der Waals surface area (Å²) in [5, 5.41) is 38.8. The van der Waals surface area contributed by atoms with Gasteiger partial charge in [-0.15, -0.1) is 24.4 Å². The Bertz CT molecular complexity index is 104. The minimum absolute atomic E-state index is 0. The zero-order valence-electron chi connectivity index (χ0n) is 14.8. The van der Waals surface area contributed by atoms with Crippen LogP contribution in [0.5, 0.6) is 0 Å². The van der Waals surface area contributed by atoms with E-state index in [1.807, 2.05) is 13.8 Å². The van der Waals surface area contributed by atoms with Gasteiger partial charge in [0.05, 0.1) is 0 Å². The predicted octanol–water partition coefficient (Wildman–Crippen LogP) is -0.583. The molecule has 0 N–H and O–H groups in total. The molecule has 0 spiro atoms. The Labute approximate surface area is 155 Å². The van der Waals surface area contributed by atoms with E-state index in [0.717, 1.165) is 12.8 Å². The fourth-order valence-electron chi connectivity index (χ4n) is 0. The van der Waals surface area contributed by atoms with E-state index >= 15 is 0 Å². The molecule has 0 aliphatic heterocycles.